The van der Waals surface area contributed by atoms with Crippen molar-refractivity contribution in [2.75, 3.05) is 44.4 Å². The van der Waals surface area contributed by atoms with Crippen LogP contribution in [0.15, 0.2) is 60.9 Å². The van der Waals surface area contributed by atoms with E-state index in [0.717, 1.165) is 11.1 Å². The van der Waals surface area contributed by atoms with Crippen LogP contribution in [0.5, 0.6) is 23.0 Å². The van der Waals surface area contributed by atoms with Gasteiger partial charge in [-0.2, -0.15) is 0 Å². The minimum atomic E-state index is -0.446. The lowest BCUT2D eigenvalue weighted by molar-refractivity contribution is 0.262. The fraction of sp³-hybridized carbons (Fsp3) is 0.160. The largest absolute Gasteiger partial charge is 0.497 e. The summed E-state index contributed by atoms with van der Waals surface area (Å²) >= 11 is 0. The number of nitrogens with one attached hydrogen (secondary N) is 3. The molecule has 180 valence electrons. The van der Waals surface area contributed by atoms with E-state index in [4.69, 9.17) is 18.9 Å². The summed E-state index contributed by atoms with van der Waals surface area (Å²) in [5.74, 6) is 2.95. The van der Waals surface area contributed by atoms with E-state index >= 15 is 0 Å². The Morgan fingerprint density at radius 1 is 0.714 bits per heavy atom. The number of urea groups is 1. The average Bonchev–Trinajstić information content (AvgIpc) is 2.88. The van der Waals surface area contributed by atoms with E-state index in [2.05, 4.69) is 25.9 Å². The van der Waals surface area contributed by atoms with Crippen LogP contribution < -0.4 is 34.9 Å². The number of anilines is 4. The molecule has 0 aliphatic heterocycles. The molecule has 0 aliphatic rings. The maximum absolute atomic E-state index is 12.8. The molecule has 10 heteroatoms. The third-order valence-corrected chi connectivity index (χ3v) is 5.14. The molecule has 35 heavy (non-hydrogen) atoms. The van der Waals surface area contributed by atoms with Crippen molar-refractivity contribution in [1.29, 1.82) is 0 Å². The number of ether oxygens (including phenoxy) is 4. The first-order valence-electron chi connectivity index (χ1n) is 10.6. The number of aromatic nitrogens is 2. The lowest BCUT2D eigenvalue weighted by Gasteiger charge is -2.14. The number of carbonyl (C=O) groups excluding carboxylic acids is 1. The predicted octanol–water partition coefficient (Wildman–Crippen LogP) is 5.05. The zero-order valence-corrected chi connectivity index (χ0v) is 19.7. The molecule has 4 aromatic rings. The lowest BCUT2D eigenvalue weighted by Crippen LogP contribution is -2.19. The van der Waals surface area contributed by atoms with Crippen molar-refractivity contribution in [2.24, 2.45) is 0 Å². The summed E-state index contributed by atoms with van der Waals surface area (Å²) in [6.45, 7) is 0. The topological polar surface area (TPSA) is 116 Å². The van der Waals surface area contributed by atoms with Crippen LogP contribution in [0.4, 0.5) is 27.7 Å². The first kappa shape index (κ1) is 23.4. The second-order valence-corrected chi connectivity index (χ2v) is 7.33. The third-order valence-electron chi connectivity index (χ3n) is 5.14. The van der Waals surface area contributed by atoms with Crippen LogP contribution >= 0.6 is 0 Å². The SMILES string of the molecule is COc1cc(NC(=O)Nc2cccc3c(Nc4cc(OC)cc(OC)c4)ncnc23)cc(OC)c1. The molecular weight excluding hydrogens is 450 g/mol. The number of nitrogens with zero attached hydrogens (tertiary/aromatic N) is 2. The minimum absolute atomic E-state index is 0.446. The normalized spacial score (nSPS) is 10.4. The Morgan fingerprint density at radius 3 is 1.86 bits per heavy atom. The monoisotopic (exact) mass is 475 g/mol. The molecule has 0 bridgehead atoms. The highest BCUT2D eigenvalue weighted by molar-refractivity contribution is 6.07. The Kier molecular flexibility index (Phi) is 7.01. The maximum atomic E-state index is 12.8. The molecule has 10 nitrogen and oxygen atoms in total. The Hall–Kier alpha value is -4.73. The van der Waals surface area contributed by atoms with E-state index in [-0.39, 0.29) is 0 Å². The standard InChI is InChI=1S/C25H25N5O5/c1-32-17-8-15(9-18(12-17)33-2)28-24-21-6-5-7-22(23(21)26-14-27-24)30-25(31)29-16-10-19(34-3)13-20(11-16)35-4/h5-14H,1-4H3,(H,26,27,28)(H2,29,30,31). The fourth-order valence-corrected chi connectivity index (χ4v) is 3.47. The summed E-state index contributed by atoms with van der Waals surface area (Å²) in [6.07, 6.45) is 1.43. The summed E-state index contributed by atoms with van der Waals surface area (Å²) in [5.41, 5.74) is 2.33. The molecule has 3 aromatic carbocycles. The number of hydrogen-bond acceptors (Lipinski definition) is 8. The molecule has 0 saturated carbocycles. The molecule has 0 spiro atoms. The number of rotatable bonds is 8. The smallest absolute Gasteiger partial charge is 0.323 e. The predicted molar refractivity (Wildman–Crippen MR) is 135 cm³/mol. The number of para-hydroxylation sites is 1. The van der Waals surface area contributed by atoms with Crippen molar-refractivity contribution in [2.45, 2.75) is 0 Å². The van der Waals surface area contributed by atoms with Gasteiger partial charge in [0.25, 0.3) is 0 Å². The Bertz CT molecular complexity index is 1320. The number of hydrogen-bond donors (Lipinski definition) is 3. The molecular formula is C25H25N5O5. The van der Waals surface area contributed by atoms with E-state index in [1.54, 1.807) is 58.8 Å². The van der Waals surface area contributed by atoms with Gasteiger partial charge < -0.3 is 34.9 Å². The minimum Gasteiger partial charge on any atom is -0.497 e. The highest BCUT2D eigenvalue weighted by atomic mass is 16.5. The first-order valence-corrected chi connectivity index (χ1v) is 10.6. The Morgan fingerprint density at radius 2 is 1.29 bits per heavy atom. The second-order valence-electron chi connectivity index (χ2n) is 7.33. The van der Waals surface area contributed by atoms with Gasteiger partial charge in [0.15, 0.2) is 0 Å². The molecule has 0 aliphatic carbocycles. The number of methoxy groups -OCH3 is 4. The van der Waals surface area contributed by atoms with Crippen molar-refractivity contribution in [1.82, 2.24) is 9.97 Å². The average molecular weight is 476 g/mol. The van der Waals surface area contributed by atoms with Gasteiger partial charge in [-0.05, 0) is 12.1 Å². The van der Waals surface area contributed by atoms with Crippen LogP contribution in [0.1, 0.15) is 0 Å². The number of amides is 2. The molecule has 1 aromatic heterocycles. The summed E-state index contributed by atoms with van der Waals surface area (Å²) in [6, 6.07) is 15.5. The van der Waals surface area contributed by atoms with Crippen LogP contribution in [0.3, 0.4) is 0 Å². The summed E-state index contributed by atoms with van der Waals surface area (Å²) in [4.78, 5) is 21.5. The summed E-state index contributed by atoms with van der Waals surface area (Å²) < 4.78 is 21.2. The van der Waals surface area contributed by atoms with Crippen molar-refractivity contribution in [3.63, 3.8) is 0 Å². The molecule has 4 rings (SSSR count). The van der Waals surface area contributed by atoms with Gasteiger partial charge in [0, 0.05) is 53.2 Å². The molecule has 0 unspecified atom stereocenters. The first-order chi connectivity index (χ1) is 17.0. The molecule has 0 saturated heterocycles. The zero-order chi connectivity index (χ0) is 24.8. The molecule has 0 atom stereocenters. The van der Waals surface area contributed by atoms with Crippen LogP contribution in [0.25, 0.3) is 10.9 Å². The van der Waals surface area contributed by atoms with Crippen LogP contribution in [0.2, 0.25) is 0 Å². The van der Waals surface area contributed by atoms with E-state index in [1.807, 2.05) is 24.3 Å². The number of fused-ring (bicyclic) bond motifs is 1. The van der Waals surface area contributed by atoms with Crippen LogP contribution in [0, 0.1) is 0 Å². The molecule has 0 fully saturated rings. The molecule has 3 N–H and O–H groups in total. The van der Waals surface area contributed by atoms with Gasteiger partial charge in [0.1, 0.15) is 35.1 Å². The third kappa shape index (κ3) is 5.44. The van der Waals surface area contributed by atoms with Crippen molar-refractivity contribution < 1.29 is 23.7 Å². The van der Waals surface area contributed by atoms with Gasteiger partial charge in [-0.3, -0.25) is 0 Å². The molecule has 0 radical (unpaired) electrons. The maximum Gasteiger partial charge on any atom is 0.323 e. The van der Waals surface area contributed by atoms with Crippen molar-refractivity contribution in [3.8, 4) is 23.0 Å². The van der Waals surface area contributed by atoms with E-state index in [9.17, 15) is 4.79 Å². The summed E-state index contributed by atoms with van der Waals surface area (Å²) in [7, 11) is 6.26. The van der Waals surface area contributed by atoms with E-state index in [1.165, 1.54) is 6.33 Å². The molecule has 1 heterocycles. The van der Waals surface area contributed by atoms with Gasteiger partial charge in [0.2, 0.25) is 0 Å². The van der Waals surface area contributed by atoms with Gasteiger partial charge in [-0.1, -0.05) is 6.07 Å². The van der Waals surface area contributed by atoms with Gasteiger partial charge >= 0.3 is 6.03 Å². The van der Waals surface area contributed by atoms with Crippen molar-refractivity contribution >= 4 is 39.8 Å². The fourth-order valence-electron chi connectivity index (χ4n) is 3.47. The van der Waals surface area contributed by atoms with Gasteiger partial charge in [0.05, 0.1) is 39.6 Å². The van der Waals surface area contributed by atoms with Gasteiger partial charge in [-0.25, -0.2) is 14.8 Å². The quantitative estimate of drug-likeness (QED) is 0.324. The lowest BCUT2D eigenvalue weighted by atomic mass is 10.2. The Balaban J connectivity index is 1.59. The number of carbonyl (C=O) groups is 1. The van der Waals surface area contributed by atoms with E-state index < -0.39 is 6.03 Å². The second kappa shape index (κ2) is 10.5. The summed E-state index contributed by atoms with van der Waals surface area (Å²) in [5, 5.41) is 9.63. The Labute approximate surface area is 202 Å². The van der Waals surface area contributed by atoms with Gasteiger partial charge in [-0.15, -0.1) is 0 Å². The molecule has 2 amide bonds. The highest BCUT2D eigenvalue weighted by Crippen LogP contribution is 2.32. The zero-order valence-electron chi connectivity index (χ0n) is 19.7. The number of benzene rings is 3. The van der Waals surface area contributed by atoms with Crippen LogP contribution in [-0.2, 0) is 0 Å². The van der Waals surface area contributed by atoms with E-state index in [0.29, 0.717) is 45.7 Å². The highest BCUT2D eigenvalue weighted by Gasteiger charge is 2.12. The van der Waals surface area contributed by atoms with Crippen molar-refractivity contribution in [3.05, 3.63) is 60.9 Å². The van der Waals surface area contributed by atoms with Crippen LogP contribution in [-0.4, -0.2) is 44.4 Å².